The molecule has 8 heteroatoms. The smallest absolute Gasteiger partial charge is 0.387 e. The Hall–Kier alpha value is -2.19. The van der Waals surface area contributed by atoms with E-state index in [1.165, 1.54) is 35.1 Å². The number of halogens is 2. The molecule has 1 aliphatic heterocycles. The molecular weight excluding hydrogens is 356 g/mol. The van der Waals surface area contributed by atoms with E-state index < -0.39 is 6.61 Å². The van der Waals surface area contributed by atoms with Gasteiger partial charge < -0.3 is 9.15 Å². The van der Waals surface area contributed by atoms with Crippen LogP contribution in [0.4, 0.5) is 8.78 Å². The van der Waals surface area contributed by atoms with Crippen molar-refractivity contribution in [3.63, 3.8) is 0 Å². The summed E-state index contributed by atoms with van der Waals surface area (Å²) in [7, 11) is 0. The number of furan rings is 1. The highest BCUT2D eigenvalue weighted by molar-refractivity contribution is 8.26. The van der Waals surface area contributed by atoms with Crippen LogP contribution in [0.1, 0.15) is 11.3 Å². The number of carbonyl (C=O) groups is 1. The van der Waals surface area contributed by atoms with Gasteiger partial charge in [-0.1, -0.05) is 36.1 Å². The molecule has 0 unspecified atom stereocenters. The Balaban J connectivity index is 1.73. The molecule has 24 heavy (non-hydrogen) atoms. The van der Waals surface area contributed by atoms with E-state index in [1.54, 1.807) is 30.3 Å². The van der Waals surface area contributed by atoms with Crippen molar-refractivity contribution in [3.8, 4) is 5.75 Å². The average Bonchev–Trinajstić information content (AvgIpc) is 3.13. The Morgan fingerprint density at radius 2 is 2.04 bits per heavy atom. The molecule has 0 saturated carbocycles. The molecule has 0 radical (unpaired) electrons. The lowest BCUT2D eigenvalue weighted by molar-refractivity contribution is -0.122. The van der Waals surface area contributed by atoms with Crippen LogP contribution >= 0.6 is 24.0 Å². The molecule has 0 N–H and O–H groups in total. The summed E-state index contributed by atoms with van der Waals surface area (Å²) in [5, 5.41) is 0. The monoisotopic (exact) mass is 367 g/mol. The number of hydrogen-bond acceptors (Lipinski definition) is 5. The second kappa shape index (κ2) is 7.14. The minimum atomic E-state index is -2.87. The molecule has 4 nitrogen and oxygen atoms in total. The van der Waals surface area contributed by atoms with E-state index in [9.17, 15) is 13.6 Å². The quantitative estimate of drug-likeness (QED) is 0.583. The zero-order valence-electron chi connectivity index (χ0n) is 12.1. The Bertz CT molecular complexity index is 773. The first-order valence-electron chi connectivity index (χ1n) is 6.85. The Morgan fingerprint density at radius 1 is 1.29 bits per heavy atom. The average molecular weight is 367 g/mol. The van der Waals surface area contributed by atoms with Gasteiger partial charge in [-0.2, -0.15) is 8.78 Å². The van der Waals surface area contributed by atoms with Gasteiger partial charge in [-0.25, -0.2) is 0 Å². The predicted molar refractivity (Wildman–Crippen MR) is 90.5 cm³/mol. The van der Waals surface area contributed by atoms with Crippen LogP contribution in [0.5, 0.6) is 5.75 Å². The first-order chi connectivity index (χ1) is 11.5. The molecule has 1 aromatic carbocycles. The molecule has 1 aliphatic rings. The van der Waals surface area contributed by atoms with Gasteiger partial charge in [-0.3, -0.25) is 9.69 Å². The molecule has 0 spiro atoms. The van der Waals surface area contributed by atoms with E-state index >= 15 is 0 Å². The minimum absolute atomic E-state index is 0.0625. The predicted octanol–water partition coefficient (Wildman–Crippen LogP) is 4.28. The van der Waals surface area contributed by atoms with Crippen LogP contribution in [0.3, 0.4) is 0 Å². The third kappa shape index (κ3) is 3.82. The van der Waals surface area contributed by atoms with Crippen molar-refractivity contribution < 1.29 is 22.7 Å². The van der Waals surface area contributed by atoms with E-state index in [1.807, 2.05) is 0 Å². The van der Waals surface area contributed by atoms with E-state index in [0.29, 0.717) is 20.5 Å². The van der Waals surface area contributed by atoms with Gasteiger partial charge in [0.1, 0.15) is 15.8 Å². The summed E-state index contributed by atoms with van der Waals surface area (Å²) >= 11 is 6.42. The summed E-state index contributed by atoms with van der Waals surface area (Å²) < 4.78 is 34.2. The topological polar surface area (TPSA) is 42.7 Å². The highest BCUT2D eigenvalue weighted by Gasteiger charge is 2.32. The lowest BCUT2D eigenvalue weighted by Gasteiger charge is -2.11. The van der Waals surface area contributed by atoms with Crippen LogP contribution in [0, 0.1) is 0 Å². The molecule has 3 rings (SSSR count). The van der Waals surface area contributed by atoms with Crippen molar-refractivity contribution in [3.05, 3.63) is 58.9 Å². The number of thioether (sulfide) groups is 1. The summed E-state index contributed by atoms with van der Waals surface area (Å²) in [6, 6.07) is 9.53. The molecule has 0 aliphatic carbocycles. The third-order valence-electron chi connectivity index (χ3n) is 3.17. The minimum Gasteiger partial charge on any atom is -0.467 e. The van der Waals surface area contributed by atoms with E-state index in [4.69, 9.17) is 16.6 Å². The molecule has 1 aromatic heterocycles. The zero-order chi connectivity index (χ0) is 17.1. The van der Waals surface area contributed by atoms with Crippen molar-refractivity contribution in [1.82, 2.24) is 4.90 Å². The molecule has 2 aromatic rings. The Labute approximate surface area is 146 Å². The highest BCUT2D eigenvalue weighted by atomic mass is 32.2. The van der Waals surface area contributed by atoms with Gasteiger partial charge in [0, 0.05) is 0 Å². The van der Waals surface area contributed by atoms with E-state index in [-0.39, 0.29) is 18.2 Å². The highest BCUT2D eigenvalue weighted by Crippen LogP contribution is 2.33. The summed E-state index contributed by atoms with van der Waals surface area (Å²) in [5.74, 6) is 0.489. The van der Waals surface area contributed by atoms with Gasteiger partial charge >= 0.3 is 6.61 Å². The second-order valence-electron chi connectivity index (χ2n) is 4.79. The lowest BCUT2D eigenvalue weighted by Crippen LogP contribution is -2.27. The number of hydrogen-bond donors (Lipinski definition) is 0. The molecule has 0 atom stereocenters. The van der Waals surface area contributed by atoms with Gasteiger partial charge in [0.15, 0.2) is 0 Å². The van der Waals surface area contributed by atoms with Crippen LogP contribution in [0.2, 0.25) is 0 Å². The number of nitrogens with zero attached hydrogens (tertiary/aromatic N) is 1. The van der Waals surface area contributed by atoms with Crippen LogP contribution in [0.15, 0.2) is 52.0 Å². The van der Waals surface area contributed by atoms with Gasteiger partial charge in [-0.15, -0.1) is 0 Å². The largest absolute Gasteiger partial charge is 0.467 e. The maximum Gasteiger partial charge on any atom is 0.387 e. The van der Waals surface area contributed by atoms with Gasteiger partial charge in [-0.05, 0) is 35.9 Å². The normalized spacial score (nSPS) is 16.5. The van der Waals surface area contributed by atoms with Crippen LogP contribution < -0.4 is 4.74 Å². The van der Waals surface area contributed by atoms with Crippen molar-refractivity contribution in [2.24, 2.45) is 0 Å². The van der Waals surface area contributed by atoms with Crippen molar-refractivity contribution >= 4 is 40.3 Å². The molecule has 1 fully saturated rings. The fourth-order valence-electron chi connectivity index (χ4n) is 2.09. The first-order valence-corrected chi connectivity index (χ1v) is 8.08. The molecule has 124 valence electrons. The SMILES string of the molecule is O=C1/C(=C\c2ccc(OC(F)F)cc2)SC(=S)N1Cc1ccco1. The fraction of sp³-hybridized carbons (Fsp3) is 0.125. The van der Waals surface area contributed by atoms with Gasteiger partial charge in [0.2, 0.25) is 0 Å². The number of rotatable bonds is 5. The number of carbonyl (C=O) groups excluding carboxylic acids is 1. The van der Waals surface area contributed by atoms with Crippen LogP contribution in [-0.2, 0) is 11.3 Å². The molecule has 1 saturated heterocycles. The second-order valence-corrected chi connectivity index (χ2v) is 6.47. The Kier molecular flexibility index (Phi) is 4.96. The van der Waals surface area contributed by atoms with Crippen LogP contribution in [0.25, 0.3) is 6.08 Å². The number of alkyl halides is 2. The summed E-state index contributed by atoms with van der Waals surface area (Å²) in [4.78, 5) is 14.4. The molecule has 0 bridgehead atoms. The maximum absolute atomic E-state index is 12.4. The fourth-order valence-corrected chi connectivity index (χ4v) is 3.35. The summed E-state index contributed by atoms with van der Waals surface area (Å²) in [6.45, 7) is -2.59. The van der Waals surface area contributed by atoms with E-state index in [2.05, 4.69) is 4.74 Å². The zero-order valence-corrected chi connectivity index (χ0v) is 13.8. The maximum atomic E-state index is 12.4. The van der Waals surface area contributed by atoms with E-state index in [0.717, 1.165) is 0 Å². The summed E-state index contributed by atoms with van der Waals surface area (Å²) in [5.41, 5.74) is 0.690. The van der Waals surface area contributed by atoms with Crippen molar-refractivity contribution in [2.45, 2.75) is 13.2 Å². The Morgan fingerprint density at radius 3 is 2.67 bits per heavy atom. The van der Waals surface area contributed by atoms with Crippen molar-refractivity contribution in [1.29, 1.82) is 0 Å². The summed E-state index contributed by atoms with van der Waals surface area (Å²) in [6.07, 6.45) is 3.19. The van der Waals surface area contributed by atoms with Gasteiger partial charge in [0.05, 0.1) is 17.7 Å². The molecule has 1 amide bonds. The lowest BCUT2D eigenvalue weighted by atomic mass is 10.2. The number of amides is 1. The molecule has 2 heterocycles. The van der Waals surface area contributed by atoms with Crippen LogP contribution in [-0.4, -0.2) is 21.7 Å². The third-order valence-corrected chi connectivity index (χ3v) is 4.55. The standard InChI is InChI=1S/C16H11F2NO3S2/c17-15(18)22-11-5-3-10(4-6-11)8-13-14(20)19(16(23)24-13)9-12-2-1-7-21-12/h1-8,15H,9H2/b13-8+. The number of benzene rings is 1. The van der Waals surface area contributed by atoms with Gasteiger partial charge in [0.25, 0.3) is 5.91 Å². The number of ether oxygens (including phenoxy) is 1. The van der Waals surface area contributed by atoms with Crippen molar-refractivity contribution in [2.75, 3.05) is 0 Å². The number of thiocarbonyl (C=S) groups is 1. The first kappa shape index (κ1) is 16.7. The molecular formula is C16H11F2NO3S2.